The molecule has 0 aliphatic rings. The lowest BCUT2D eigenvalue weighted by Gasteiger charge is -2.14. The molecule has 0 aliphatic carbocycles. The summed E-state index contributed by atoms with van der Waals surface area (Å²) < 4.78 is 27.4. The first kappa shape index (κ1) is 32.3. The van der Waals surface area contributed by atoms with Gasteiger partial charge in [0.2, 0.25) is 0 Å². The van der Waals surface area contributed by atoms with Crippen LogP contribution in [0.25, 0.3) is 95.0 Å². The smallest absolute Gasteiger partial charge is 0.149 e. The van der Waals surface area contributed by atoms with Crippen LogP contribution in [0.4, 0.5) is 0 Å². The number of aromatic nitrogens is 3. The fourth-order valence-electron chi connectivity index (χ4n) is 7.96. The van der Waals surface area contributed by atoms with E-state index >= 15 is 0 Å². The molecule has 0 radical (unpaired) electrons. The zero-order valence-corrected chi connectivity index (χ0v) is 32.0. The summed E-state index contributed by atoms with van der Waals surface area (Å²) in [5.41, 5.74) is 14.6. The van der Waals surface area contributed by atoms with Gasteiger partial charge in [-0.05, 0) is 123 Å². The summed E-state index contributed by atoms with van der Waals surface area (Å²) >= 11 is 0. The number of benzene rings is 8. The van der Waals surface area contributed by atoms with E-state index in [2.05, 4.69) is 91.0 Å². The van der Waals surface area contributed by atoms with Crippen molar-refractivity contribution in [2.45, 2.75) is 6.85 Å². The second-order valence-corrected chi connectivity index (χ2v) is 14.6. The molecule has 0 unspecified atom stereocenters. The molecule has 0 aliphatic heterocycles. The topological polar surface area (TPSA) is 50.9 Å². The number of hydrogen-bond acceptors (Lipinski definition) is 3. The summed E-state index contributed by atoms with van der Waals surface area (Å²) in [6.07, 6.45) is 1.86. The molecule has 0 atom stereocenters. The number of hydrogen-bond donors (Lipinski definition) is 1. The van der Waals surface area contributed by atoms with Crippen molar-refractivity contribution in [3.05, 3.63) is 218 Å². The predicted molar refractivity (Wildman–Crippen MR) is 243 cm³/mol. The van der Waals surface area contributed by atoms with Crippen molar-refractivity contribution in [1.29, 1.82) is 0 Å². The summed E-state index contributed by atoms with van der Waals surface area (Å²) in [5.74, 6) is 0.550. The van der Waals surface area contributed by atoms with Gasteiger partial charge in [-0.15, -0.1) is 0 Å². The van der Waals surface area contributed by atoms with Crippen molar-refractivity contribution >= 4 is 11.0 Å². The van der Waals surface area contributed by atoms with Gasteiger partial charge in [-0.2, -0.15) is 0 Å². The first-order valence-corrected chi connectivity index (χ1v) is 19.6. The standard InChI is InChI=1S/C55H39N3O/c1-37-30-44(39-16-7-3-8-17-39)35-48(31-37)58-52-22-13-21-49(54(52)57-55(58)50-20-11-12-23-53(50)59)46-32-45(40-18-9-4-10-19-40)33-47(34-46)51-36-43(28-29-56-51)42-26-24-41(25-27-42)38-14-5-2-6-15-38/h2-36,59H,1H3/i1D3. The molecule has 0 spiro atoms. The minimum absolute atomic E-state index is 0.0647. The van der Waals surface area contributed by atoms with Crippen molar-refractivity contribution in [2.75, 3.05) is 0 Å². The summed E-state index contributed by atoms with van der Waals surface area (Å²) in [4.78, 5) is 10.2. The van der Waals surface area contributed by atoms with E-state index in [0.29, 0.717) is 22.6 Å². The van der Waals surface area contributed by atoms with Crippen LogP contribution in [0.15, 0.2) is 212 Å². The summed E-state index contributed by atoms with van der Waals surface area (Å²) in [6.45, 7) is -2.37. The number of phenolic OH excluding ortho intramolecular Hbond substituents is 1. The Balaban J connectivity index is 1.16. The van der Waals surface area contributed by atoms with Gasteiger partial charge in [0.15, 0.2) is 0 Å². The Morgan fingerprint density at radius 2 is 1.00 bits per heavy atom. The van der Waals surface area contributed by atoms with Gasteiger partial charge in [-0.25, -0.2) is 4.98 Å². The van der Waals surface area contributed by atoms with Crippen molar-refractivity contribution in [3.8, 4) is 89.7 Å². The molecular formula is C55H39N3O. The molecule has 10 aromatic rings. The minimum atomic E-state index is -2.37. The number of aryl methyl sites for hydroxylation is 1. The number of imidazole rings is 1. The normalized spacial score (nSPS) is 12.2. The van der Waals surface area contributed by atoms with E-state index in [9.17, 15) is 5.11 Å². The molecule has 59 heavy (non-hydrogen) atoms. The molecule has 0 amide bonds. The predicted octanol–water partition coefficient (Wildman–Crippen LogP) is 14.1. The van der Waals surface area contributed by atoms with E-state index < -0.39 is 6.85 Å². The molecule has 0 fully saturated rings. The van der Waals surface area contributed by atoms with E-state index in [1.54, 1.807) is 24.3 Å². The maximum atomic E-state index is 11.3. The Morgan fingerprint density at radius 3 is 1.68 bits per heavy atom. The van der Waals surface area contributed by atoms with Crippen molar-refractivity contribution < 1.29 is 9.22 Å². The quantitative estimate of drug-likeness (QED) is 0.168. The molecule has 8 aromatic carbocycles. The Hall–Kier alpha value is -7.82. The number of phenols is 1. The van der Waals surface area contributed by atoms with E-state index in [4.69, 9.17) is 14.1 Å². The zero-order chi connectivity index (χ0) is 42.2. The average molecular weight is 761 g/mol. The first-order chi connectivity index (χ1) is 30.3. The Bertz CT molecular complexity index is 3220. The van der Waals surface area contributed by atoms with Crippen LogP contribution in [-0.4, -0.2) is 19.6 Å². The summed E-state index contributed by atoms with van der Waals surface area (Å²) in [5, 5.41) is 11.3. The second-order valence-electron chi connectivity index (χ2n) is 14.6. The van der Waals surface area contributed by atoms with Gasteiger partial charge >= 0.3 is 0 Å². The maximum Gasteiger partial charge on any atom is 0.149 e. The largest absolute Gasteiger partial charge is 0.507 e. The van der Waals surface area contributed by atoms with Gasteiger partial charge in [0.25, 0.3) is 0 Å². The van der Waals surface area contributed by atoms with Crippen LogP contribution < -0.4 is 0 Å². The molecular weight excluding hydrogens is 719 g/mol. The molecule has 0 saturated carbocycles. The summed E-state index contributed by atoms with van der Waals surface area (Å²) in [6, 6.07) is 68.4. The minimum Gasteiger partial charge on any atom is -0.507 e. The zero-order valence-electron chi connectivity index (χ0n) is 35.0. The monoisotopic (exact) mass is 760 g/mol. The number of pyridine rings is 1. The van der Waals surface area contributed by atoms with Crippen LogP contribution in [0.5, 0.6) is 5.75 Å². The van der Waals surface area contributed by atoms with Crippen molar-refractivity contribution in [3.63, 3.8) is 0 Å². The van der Waals surface area contributed by atoms with Gasteiger partial charge < -0.3 is 5.11 Å². The van der Waals surface area contributed by atoms with Crippen LogP contribution in [0, 0.1) is 6.85 Å². The van der Waals surface area contributed by atoms with Crippen LogP contribution in [0.3, 0.4) is 0 Å². The molecule has 1 N–H and O–H groups in total. The average Bonchev–Trinajstić information content (AvgIpc) is 3.72. The van der Waals surface area contributed by atoms with Gasteiger partial charge in [-0.1, -0.05) is 146 Å². The van der Waals surface area contributed by atoms with Gasteiger partial charge in [0, 0.05) is 27.1 Å². The van der Waals surface area contributed by atoms with Crippen molar-refractivity contribution in [1.82, 2.24) is 14.5 Å². The maximum absolute atomic E-state index is 11.3. The molecule has 2 heterocycles. The van der Waals surface area contributed by atoms with E-state index in [1.165, 1.54) is 5.56 Å². The highest BCUT2D eigenvalue weighted by atomic mass is 16.3. The highest BCUT2D eigenvalue weighted by molar-refractivity contribution is 5.98. The second kappa shape index (κ2) is 15.3. The van der Waals surface area contributed by atoms with E-state index in [-0.39, 0.29) is 11.3 Å². The molecule has 2 aromatic heterocycles. The lowest BCUT2D eigenvalue weighted by atomic mass is 9.93. The van der Waals surface area contributed by atoms with Crippen molar-refractivity contribution in [2.24, 2.45) is 0 Å². The fraction of sp³-hybridized carbons (Fsp3) is 0.0182. The van der Waals surface area contributed by atoms with E-state index in [0.717, 1.165) is 66.8 Å². The lowest BCUT2D eigenvalue weighted by molar-refractivity contribution is 0.477. The van der Waals surface area contributed by atoms with Gasteiger partial charge in [0.1, 0.15) is 11.6 Å². The van der Waals surface area contributed by atoms with Gasteiger partial charge in [-0.3, -0.25) is 9.55 Å². The number of aromatic hydroxyl groups is 1. The highest BCUT2D eigenvalue weighted by Crippen LogP contribution is 2.40. The SMILES string of the molecule is [2H]C([2H])([2H])c1cc(-c2ccccc2)cc(-n2c(-c3ccccc3O)nc3c(-c4cc(-c5ccccc5)cc(-c5cc(-c6ccc(-c7ccccc7)cc6)ccn5)c4)cccc32)c1. The Kier molecular flexibility index (Phi) is 8.35. The van der Waals surface area contributed by atoms with Crippen LogP contribution in [0.1, 0.15) is 9.68 Å². The number of para-hydroxylation sites is 2. The molecule has 280 valence electrons. The summed E-state index contributed by atoms with van der Waals surface area (Å²) in [7, 11) is 0. The van der Waals surface area contributed by atoms with Gasteiger partial charge in [0.05, 0.1) is 22.3 Å². The number of fused-ring (bicyclic) bond motifs is 1. The molecule has 4 heteroatoms. The number of rotatable bonds is 8. The van der Waals surface area contributed by atoms with E-state index in [1.807, 2.05) is 102 Å². The fourth-order valence-corrected chi connectivity index (χ4v) is 7.96. The first-order valence-electron chi connectivity index (χ1n) is 21.1. The Morgan fingerprint density at radius 1 is 0.441 bits per heavy atom. The molecule has 0 saturated heterocycles. The molecule has 4 nitrogen and oxygen atoms in total. The highest BCUT2D eigenvalue weighted by Gasteiger charge is 2.21. The van der Waals surface area contributed by atoms with Crippen LogP contribution in [-0.2, 0) is 0 Å². The van der Waals surface area contributed by atoms with Crippen LogP contribution in [0.2, 0.25) is 0 Å². The Labute approximate surface area is 348 Å². The lowest BCUT2D eigenvalue weighted by Crippen LogP contribution is -1.99. The number of nitrogens with zero attached hydrogens (tertiary/aromatic N) is 3. The third-order valence-electron chi connectivity index (χ3n) is 10.8. The third kappa shape index (κ3) is 6.98. The third-order valence-corrected chi connectivity index (χ3v) is 10.8. The molecule has 10 rings (SSSR count). The molecule has 0 bridgehead atoms. The van der Waals surface area contributed by atoms with Crippen LogP contribution >= 0.6 is 0 Å².